The highest BCUT2D eigenvalue weighted by atomic mass is 16.5. The first kappa shape index (κ1) is 18.2. The molecular weight excluding hydrogens is 346 g/mol. The van der Waals surface area contributed by atoms with E-state index in [1.54, 1.807) is 54.9 Å². The number of ether oxygens (including phenoxy) is 2. The highest BCUT2D eigenvalue weighted by Gasteiger charge is 2.12. The molecule has 0 saturated heterocycles. The van der Waals surface area contributed by atoms with Gasteiger partial charge in [0.25, 0.3) is 5.91 Å². The summed E-state index contributed by atoms with van der Waals surface area (Å²) in [6.07, 6.45) is 3.37. The fraction of sp³-hybridized carbons (Fsp3) is 0.150. The van der Waals surface area contributed by atoms with Crippen LogP contribution < -0.4 is 10.1 Å². The van der Waals surface area contributed by atoms with E-state index >= 15 is 0 Å². The van der Waals surface area contributed by atoms with E-state index in [1.165, 1.54) is 0 Å². The van der Waals surface area contributed by atoms with Crippen LogP contribution in [-0.4, -0.2) is 35.1 Å². The summed E-state index contributed by atoms with van der Waals surface area (Å²) in [5.41, 5.74) is 1.73. The molecule has 0 bridgehead atoms. The number of rotatable bonds is 7. The first-order valence-electron chi connectivity index (χ1n) is 8.46. The van der Waals surface area contributed by atoms with Crippen molar-refractivity contribution < 1.29 is 19.1 Å². The minimum atomic E-state index is -0.575. The number of aromatic nitrogens is 2. The molecule has 0 unspecified atom stereocenters. The van der Waals surface area contributed by atoms with E-state index in [0.717, 1.165) is 5.56 Å². The Bertz CT molecular complexity index is 905. The molecule has 27 heavy (non-hydrogen) atoms. The standard InChI is InChI=1S/C20H19N3O4/c1-2-26-17-6-4-3-5-16(17)23-18(24)13-27-20(25)15-9-7-14(8-10-15)19-21-11-12-22-19/h3-12H,2,13H2,1H3,(H,21,22)(H,23,24). The summed E-state index contributed by atoms with van der Waals surface area (Å²) in [4.78, 5) is 31.3. The quantitative estimate of drug-likeness (QED) is 0.627. The second kappa shape index (κ2) is 8.66. The number of para-hydroxylation sites is 2. The number of hydrogen-bond donors (Lipinski definition) is 2. The van der Waals surface area contributed by atoms with Crippen molar-refractivity contribution in [2.75, 3.05) is 18.5 Å². The predicted molar refractivity (Wildman–Crippen MR) is 101 cm³/mol. The van der Waals surface area contributed by atoms with Crippen molar-refractivity contribution in [3.63, 3.8) is 0 Å². The first-order chi connectivity index (χ1) is 13.2. The van der Waals surface area contributed by atoms with Crippen molar-refractivity contribution in [3.8, 4) is 17.1 Å². The zero-order valence-corrected chi connectivity index (χ0v) is 14.8. The smallest absolute Gasteiger partial charge is 0.338 e. The molecule has 138 valence electrons. The molecule has 1 amide bonds. The molecule has 0 radical (unpaired) electrons. The van der Waals surface area contributed by atoms with E-state index in [0.29, 0.717) is 29.4 Å². The van der Waals surface area contributed by atoms with Crippen molar-refractivity contribution in [1.82, 2.24) is 9.97 Å². The number of amides is 1. The highest BCUT2D eigenvalue weighted by Crippen LogP contribution is 2.23. The van der Waals surface area contributed by atoms with Gasteiger partial charge in [-0.05, 0) is 31.2 Å². The Hall–Kier alpha value is -3.61. The minimum absolute atomic E-state index is 0.354. The lowest BCUT2D eigenvalue weighted by Crippen LogP contribution is -2.21. The van der Waals surface area contributed by atoms with Crippen LogP contribution in [0.15, 0.2) is 60.9 Å². The van der Waals surface area contributed by atoms with Gasteiger partial charge in [-0.15, -0.1) is 0 Å². The fourth-order valence-electron chi connectivity index (χ4n) is 2.44. The van der Waals surface area contributed by atoms with Gasteiger partial charge in [-0.2, -0.15) is 0 Å². The van der Waals surface area contributed by atoms with Gasteiger partial charge in [-0.25, -0.2) is 9.78 Å². The number of benzene rings is 2. The molecule has 0 fully saturated rings. The van der Waals surface area contributed by atoms with Crippen LogP contribution in [0.25, 0.3) is 11.4 Å². The molecule has 2 aromatic carbocycles. The number of anilines is 1. The summed E-state index contributed by atoms with van der Waals surface area (Å²) < 4.78 is 10.5. The molecule has 0 aliphatic carbocycles. The van der Waals surface area contributed by atoms with Gasteiger partial charge in [0.2, 0.25) is 0 Å². The minimum Gasteiger partial charge on any atom is -0.492 e. The van der Waals surface area contributed by atoms with E-state index in [1.807, 2.05) is 13.0 Å². The number of imidazole rings is 1. The number of aromatic amines is 1. The van der Waals surface area contributed by atoms with Gasteiger partial charge in [0.15, 0.2) is 6.61 Å². The van der Waals surface area contributed by atoms with Gasteiger partial charge in [0.1, 0.15) is 11.6 Å². The number of nitrogens with one attached hydrogen (secondary N) is 2. The first-order valence-corrected chi connectivity index (χ1v) is 8.46. The van der Waals surface area contributed by atoms with Crippen LogP contribution in [0, 0.1) is 0 Å². The van der Waals surface area contributed by atoms with Crippen molar-refractivity contribution in [2.24, 2.45) is 0 Å². The zero-order chi connectivity index (χ0) is 19.1. The molecule has 0 aliphatic rings. The molecule has 7 heteroatoms. The van der Waals surface area contributed by atoms with Crippen LogP contribution in [0.1, 0.15) is 17.3 Å². The van der Waals surface area contributed by atoms with Gasteiger partial charge in [0.05, 0.1) is 17.9 Å². The monoisotopic (exact) mass is 365 g/mol. The second-order valence-corrected chi connectivity index (χ2v) is 5.57. The Morgan fingerprint density at radius 3 is 2.59 bits per heavy atom. The summed E-state index contributed by atoms with van der Waals surface area (Å²) in [5, 5.41) is 2.68. The van der Waals surface area contributed by atoms with E-state index in [4.69, 9.17) is 9.47 Å². The lowest BCUT2D eigenvalue weighted by Gasteiger charge is -2.11. The third-order valence-electron chi connectivity index (χ3n) is 3.69. The largest absolute Gasteiger partial charge is 0.492 e. The Kier molecular flexibility index (Phi) is 5.84. The number of H-pyrrole nitrogens is 1. The molecule has 7 nitrogen and oxygen atoms in total. The summed E-state index contributed by atoms with van der Waals surface area (Å²) >= 11 is 0. The summed E-state index contributed by atoms with van der Waals surface area (Å²) in [7, 11) is 0. The van der Waals surface area contributed by atoms with Crippen molar-refractivity contribution in [2.45, 2.75) is 6.92 Å². The molecule has 1 aromatic heterocycles. The van der Waals surface area contributed by atoms with Gasteiger partial charge >= 0.3 is 5.97 Å². The maximum Gasteiger partial charge on any atom is 0.338 e. The van der Waals surface area contributed by atoms with Crippen LogP contribution in [0.4, 0.5) is 5.69 Å². The van der Waals surface area contributed by atoms with Crippen molar-refractivity contribution in [3.05, 3.63) is 66.5 Å². The molecule has 1 heterocycles. The summed E-state index contributed by atoms with van der Waals surface area (Å²) in [6.45, 7) is 1.95. The summed E-state index contributed by atoms with van der Waals surface area (Å²) in [5.74, 6) is 0.257. The molecule has 0 aliphatic heterocycles. The number of esters is 1. The maximum atomic E-state index is 12.1. The van der Waals surface area contributed by atoms with Crippen LogP contribution in [0.5, 0.6) is 5.75 Å². The fourth-order valence-corrected chi connectivity index (χ4v) is 2.44. The second-order valence-electron chi connectivity index (χ2n) is 5.57. The van der Waals surface area contributed by atoms with Crippen LogP contribution in [0.3, 0.4) is 0 Å². The highest BCUT2D eigenvalue weighted by molar-refractivity contribution is 5.96. The normalized spacial score (nSPS) is 10.3. The van der Waals surface area contributed by atoms with Crippen LogP contribution in [-0.2, 0) is 9.53 Å². The topological polar surface area (TPSA) is 93.3 Å². The van der Waals surface area contributed by atoms with E-state index < -0.39 is 11.9 Å². The van der Waals surface area contributed by atoms with Crippen LogP contribution in [0.2, 0.25) is 0 Å². The summed E-state index contributed by atoms with van der Waals surface area (Å²) in [6, 6.07) is 13.8. The average Bonchev–Trinajstić information content (AvgIpc) is 3.23. The number of hydrogen-bond acceptors (Lipinski definition) is 5. The van der Waals surface area contributed by atoms with E-state index in [2.05, 4.69) is 15.3 Å². The van der Waals surface area contributed by atoms with Gasteiger partial charge in [-0.3, -0.25) is 4.79 Å². The van der Waals surface area contributed by atoms with Crippen molar-refractivity contribution in [1.29, 1.82) is 0 Å². The zero-order valence-electron chi connectivity index (χ0n) is 14.8. The Morgan fingerprint density at radius 2 is 1.89 bits per heavy atom. The van der Waals surface area contributed by atoms with E-state index in [9.17, 15) is 9.59 Å². The maximum absolute atomic E-state index is 12.1. The predicted octanol–water partition coefficient (Wildman–Crippen LogP) is 3.27. The molecular formula is C20H19N3O4. The number of carbonyl (C=O) groups excluding carboxylic acids is 2. The number of nitrogens with zero attached hydrogens (tertiary/aromatic N) is 1. The molecule has 2 N–H and O–H groups in total. The lowest BCUT2D eigenvalue weighted by molar-refractivity contribution is -0.119. The lowest BCUT2D eigenvalue weighted by atomic mass is 10.1. The van der Waals surface area contributed by atoms with Gasteiger partial charge < -0.3 is 19.8 Å². The number of carbonyl (C=O) groups is 2. The third-order valence-corrected chi connectivity index (χ3v) is 3.69. The Balaban J connectivity index is 1.55. The molecule has 3 rings (SSSR count). The average molecular weight is 365 g/mol. The van der Waals surface area contributed by atoms with Crippen molar-refractivity contribution >= 4 is 17.6 Å². The third kappa shape index (κ3) is 4.72. The molecule has 3 aromatic rings. The Morgan fingerprint density at radius 1 is 1.11 bits per heavy atom. The van der Waals surface area contributed by atoms with Gasteiger partial charge in [-0.1, -0.05) is 24.3 Å². The molecule has 0 saturated carbocycles. The molecule has 0 atom stereocenters. The van der Waals surface area contributed by atoms with Crippen LogP contribution >= 0.6 is 0 Å². The molecule has 0 spiro atoms. The Labute approximate surface area is 156 Å². The van der Waals surface area contributed by atoms with E-state index in [-0.39, 0.29) is 6.61 Å². The SMILES string of the molecule is CCOc1ccccc1NC(=O)COC(=O)c1ccc(-c2ncc[nH]2)cc1. The van der Waals surface area contributed by atoms with Gasteiger partial charge in [0, 0.05) is 18.0 Å².